The van der Waals surface area contributed by atoms with Crippen LogP contribution in [0.1, 0.15) is 29.6 Å². The normalized spacial score (nSPS) is 16.3. The Morgan fingerprint density at radius 3 is 2.39 bits per heavy atom. The molecule has 4 nitrogen and oxygen atoms in total. The zero-order valence-corrected chi connectivity index (χ0v) is 11.4. The van der Waals surface area contributed by atoms with Gasteiger partial charge in [0.05, 0.1) is 5.56 Å². The van der Waals surface area contributed by atoms with E-state index in [-0.39, 0.29) is 5.97 Å². The van der Waals surface area contributed by atoms with Gasteiger partial charge in [0.2, 0.25) is 0 Å². The molecule has 0 saturated carbocycles. The molecule has 1 saturated heterocycles. The van der Waals surface area contributed by atoms with Crippen LogP contribution in [-0.4, -0.2) is 31.2 Å². The summed E-state index contributed by atoms with van der Waals surface area (Å²) < 4.78 is 1.69. The van der Waals surface area contributed by atoms with E-state index in [1.165, 1.54) is 6.42 Å². The van der Waals surface area contributed by atoms with E-state index in [1.807, 2.05) is 19.2 Å². The quantitative estimate of drug-likeness (QED) is 0.852. The summed E-state index contributed by atoms with van der Waals surface area (Å²) in [6, 6.07) is 7.21. The van der Waals surface area contributed by atoms with Crippen LogP contribution in [0.25, 0.3) is 0 Å². The number of thiol groups is 1. The predicted octanol–water partition coefficient (Wildman–Crippen LogP) is 2.53. The number of carbonyl (C=O) groups excluding carboxylic acids is 1. The van der Waals surface area contributed by atoms with Gasteiger partial charge in [0.25, 0.3) is 0 Å². The molecule has 1 aromatic carbocycles. The van der Waals surface area contributed by atoms with Crippen molar-refractivity contribution < 1.29 is 9.63 Å². The van der Waals surface area contributed by atoms with Crippen LogP contribution < -0.4 is 4.31 Å². The number of benzene rings is 1. The zero-order valence-electron chi connectivity index (χ0n) is 10.5. The highest BCUT2D eigenvalue weighted by Gasteiger charge is 2.16. The lowest BCUT2D eigenvalue weighted by Crippen LogP contribution is -2.32. The van der Waals surface area contributed by atoms with Gasteiger partial charge in [-0.05, 0) is 37.1 Å². The monoisotopic (exact) mass is 266 g/mol. The lowest BCUT2D eigenvalue weighted by atomic mass is 10.2. The summed E-state index contributed by atoms with van der Waals surface area (Å²) >= 11 is 4.19. The van der Waals surface area contributed by atoms with E-state index in [0.29, 0.717) is 5.56 Å². The van der Waals surface area contributed by atoms with Crippen molar-refractivity contribution in [2.24, 2.45) is 0 Å². The molecule has 0 aliphatic carbocycles. The molecule has 1 heterocycles. The van der Waals surface area contributed by atoms with Crippen LogP contribution in [0, 0.1) is 0 Å². The molecule has 18 heavy (non-hydrogen) atoms. The van der Waals surface area contributed by atoms with Crippen molar-refractivity contribution in [1.29, 1.82) is 0 Å². The molecule has 5 heteroatoms. The van der Waals surface area contributed by atoms with Gasteiger partial charge in [-0.1, -0.05) is 19.2 Å². The van der Waals surface area contributed by atoms with E-state index in [9.17, 15) is 4.79 Å². The lowest BCUT2D eigenvalue weighted by molar-refractivity contribution is -0.119. The maximum atomic E-state index is 11.9. The third kappa shape index (κ3) is 3.40. The van der Waals surface area contributed by atoms with Gasteiger partial charge < -0.3 is 9.14 Å². The van der Waals surface area contributed by atoms with Crippen LogP contribution in [0.4, 0.5) is 5.69 Å². The highest BCUT2D eigenvalue weighted by Crippen LogP contribution is 2.16. The van der Waals surface area contributed by atoms with E-state index in [2.05, 4.69) is 12.8 Å². The molecule has 2 rings (SSSR count). The molecule has 0 unspecified atom stereocenters. The van der Waals surface area contributed by atoms with Gasteiger partial charge in [-0.15, -0.1) is 5.06 Å². The number of hydroxylamine groups is 2. The van der Waals surface area contributed by atoms with Gasteiger partial charge in [0.15, 0.2) is 0 Å². The molecule has 1 fully saturated rings. The van der Waals surface area contributed by atoms with Crippen molar-refractivity contribution in [3.05, 3.63) is 29.8 Å². The average Bonchev–Trinajstić information content (AvgIpc) is 2.40. The second-order valence-corrected chi connectivity index (χ2v) is 5.04. The van der Waals surface area contributed by atoms with Gasteiger partial charge in [-0.25, -0.2) is 4.79 Å². The van der Waals surface area contributed by atoms with E-state index < -0.39 is 0 Å². The smallest absolute Gasteiger partial charge is 0.357 e. The summed E-state index contributed by atoms with van der Waals surface area (Å²) in [6.45, 7) is 1.67. The van der Waals surface area contributed by atoms with Crippen LogP contribution in [0.2, 0.25) is 0 Å². The van der Waals surface area contributed by atoms with Crippen LogP contribution in [0.3, 0.4) is 0 Å². The fourth-order valence-corrected chi connectivity index (χ4v) is 2.07. The third-order valence-corrected chi connectivity index (χ3v) is 3.23. The van der Waals surface area contributed by atoms with Gasteiger partial charge in [0.1, 0.15) is 0 Å². The van der Waals surface area contributed by atoms with Crippen LogP contribution in [0.15, 0.2) is 24.3 Å². The van der Waals surface area contributed by atoms with Crippen LogP contribution in [-0.2, 0) is 4.84 Å². The highest BCUT2D eigenvalue weighted by atomic mass is 32.1. The van der Waals surface area contributed by atoms with Crippen molar-refractivity contribution in [2.45, 2.75) is 19.3 Å². The number of anilines is 1. The van der Waals surface area contributed by atoms with Crippen LogP contribution in [0.5, 0.6) is 0 Å². The average molecular weight is 266 g/mol. The SMILES string of the molecule is CN(S)c1ccc(C(=O)ON2CCCCC2)cc1. The van der Waals surface area contributed by atoms with Gasteiger partial charge in [0, 0.05) is 25.8 Å². The third-order valence-electron chi connectivity index (χ3n) is 3.00. The molecule has 0 N–H and O–H groups in total. The van der Waals surface area contributed by atoms with Crippen molar-refractivity contribution in [3.63, 3.8) is 0 Å². The molecular formula is C13H18N2O2S. The van der Waals surface area contributed by atoms with Crippen molar-refractivity contribution in [2.75, 3.05) is 24.4 Å². The van der Waals surface area contributed by atoms with E-state index in [1.54, 1.807) is 21.5 Å². The van der Waals surface area contributed by atoms with Gasteiger partial charge >= 0.3 is 5.97 Å². The minimum absolute atomic E-state index is 0.287. The molecule has 1 aromatic rings. The molecule has 98 valence electrons. The second kappa shape index (κ2) is 6.11. The Bertz CT molecular complexity index is 400. The maximum Gasteiger partial charge on any atom is 0.357 e. The first-order valence-corrected chi connectivity index (χ1v) is 6.57. The molecule has 0 bridgehead atoms. The lowest BCUT2D eigenvalue weighted by Gasteiger charge is -2.24. The molecule has 0 spiro atoms. The first-order chi connectivity index (χ1) is 8.66. The number of nitrogens with zero attached hydrogens (tertiary/aromatic N) is 2. The van der Waals surface area contributed by atoms with E-state index in [4.69, 9.17) is 4.84 Å². The standard InChI is InChI=1S/C13H18N2O2S/c1-14(18)12-7-5-11(6-8-12)13(16)17-15-9-3-2-4-10-15/h5-8,18H,2-4,9-10H2,1H3. The van der Waals surface area contributed by atoms with E-state index >= 15 is 0 Å². The minimum atomic E-state index is -0.287. The fourth-order valence-electron chi connectivity index (χ4n) is 1.94. The summed E-state index contributed by atoms with van der Waals surface area (Å²) in [5, 5.41) is 1.75. The second-order valence-electron chi connectivity index (χ2n) is 4.44. The van der Waals surface area contributed by atoms with Gasteiger partial charge in [-0.2, -0.15) is 0 Å². The molecule has 1 aliphatic rings. The Hall–Kier alpha value is -1.20. The van der Waals surface area contributed by atoms with Crippen molar-refractivity contribution in [3.8, 4) is 0 Å². The number of hydrogen-bond acceptors (Lipinski definition) is 5. The maximum absolute atomic E-state index is 11.9. The Kier molecular flexibility index (Phi) is 4.49. The highest BCUT2D eigenvalue weighted by molar-refractivity contribution is 7.81. The largest absolute Gasteiger partial charge is 0.364 e. The Morgan fingerprint density at radius 1 is 1.22 bits per heavy atom. The number of carbonyl (C=O) groups is 1. The predicted molar refractivity (Wildman–Crippen MR) is 74.7 cm³/mol. The molecule has 0 amide bonds. The zero-order chi connectivity index (χ0) is 13.0. The number of hydrogen-bond donors (Lipinski definition) is 1. The topological polar surface area (TPSA) is 32.8 Å². The van der Waals surface area contributed by atoms with Crippen molar-refractivity contribution >= 4 is 24.5 Å². The Labute approximate surface area is 113 Å². The fraction of sp³-hybridized carbons (Fsp3) is 0.462. The first-order valence-electron chi connectivity index (χ1n) is 6.17. The first kappa shape index (κ1) is 13.2. The summed E-state index contributed by atoms with van der Waals surface area (Å²) in [5.74, 6) is -0.287. The van der Waals surface area contributed by atoms with E-state index in [0.717, 1.165) is 31.6 Å². The minimum Gasteiger partial charge on any atom is -0.364 e. The Balaban J connectivity index is 1.95. The number of rotatable bonds is 3. The van der Waals surface area contributed by atoms with Crippen LogP contribution >= 0.6 is 12.8 Å². The molecular weight excluding hydrogens is 248 g/mol. The molecule has 0 radical (unpaired) electrons. The van der Waals surface area contributed by atoms with Gasteiger partial charge in [-0.3, -0.25) is 0 Å². The number of piperidine rings is 1. The summed E-state index contributed by atoms with van der Waals surface area (Å²) in [6.07, 6.45) is 3.41. The summed E-state index contributed by atoms with van der Waals surface area (Å²) in [5.41, 5.74) is 1.51. The molecule has 1 aliphatic heterocycles. The Morgan fingerprint density at radius 2 is 1.83 bits per heavy atom. The molecule has 0 atom stereocenters. The molecule has 0 aromatic heterocycles. The van der Waals surface area contributed by atoms with Crippen molar-refractivity contribution in [1.82, 2.24) is 5.06 Å². The summed E-state index contributed by atoms with van der Waals surface area (Å²) in [4.78, 5) is 17.2. The summed E-state index contributed by atoms with van der Waals surface area (Å²) in [7, 11) is 1.84.